The fourth-order valence-electron chi connectivity index (χ4n) is 2.99. The van der Waals surface area contributed by atoms with Crippen LogP contribution in [0, 0.1) is 11.8 Å². The van der Waals surface area contributed by atoms with Crippen LogP contribution in [0.2, 0.25) is 0 Å². The lowest BCUT2D eigenvalue weighted by Crippen LogP contribution is -2.40. The fraction of sp³-hybridized carbons (Fsp3) is 0.462. The van der Waals surface area contributed by atoms with Crippen molar-refractivity contribution >= 4 is 17.6 Å². The van der Waals surface area contributed by atoms with Gasteiger partial charge in [-0.05, 0) is 25.0 Å². The molecule has 4 atom stereocenters. The maximum Gasteiger partial charge on any atom is 0.310 e. The van der Waals surface area contributed by atoms with Gasteiger partial charge in [0.2, 0.25) is 5.91 Å². The summed E-state index contributed by atoms with van der Waals surface area (Å²) in [6.07, 6.45) is 4.01. The van der Waals surface area contributed by atoms with Gasteiger partial charge in [0.25, 0.3) is 0 Å². The van der Waals surface area contributed by atoms with E-state index in [9.17, 15) is 14.7 Å². The molecular formula is C13H14N2O4. The van der Waals surface area contributed by atoms with Crippen molar-refractivity contribution in [1.82, 2.24) is 4.98 Å². The second-order valence-corrected chi connectivity index (χ2v) is 4.91. The van der Waals surface area contributed by atoms with Gasteiger partial charge in [-0.3, -0.25) is 14.6 Å². The second kappa shape index (κ2) is 4.62. The quantitative estimate of drug-likeness (QED) is 0.844. The zero-order valence-corrected chi connectivity index (χ0v) is 10.2. The Labute approximate surface area is 109 Å². The Hall–Kier alpha value is -1.95. The number of amides is 1. The number of nitrogens with zero attached hydrogens (tertiary/aromatic N) is 1. The minimum absolute atomic E-state index is 0.275. The smallest absolute Gasteiger partial charge is 0.310 e. The number of hydrogen-bond acceptors (Lipinski definition) is 4. The van der Waals surface area contributed by atoms with E-state index in [2.05, 4.69) is 10.3 Å². The minimum atomic E-state index is -0.960. The van der Waals surface area contributed by atoms with Crippen molar-refractivity contribution in [2.45, 2.75) is 25.0 Å². The number of aromatic nitrogens is 1. The summed E-state index contributed by atoms with van der Waals surface area (Å²) in [4.78, 5) is 27.4. The van der Waals surface area contributed by atoms with E-state index in [-0.39, 0.29) is 18.1 Å². The Morgan fingerprint density at radius 3 is 2.68 bits per heavy atom. The molecule has 2 N–H and O–H groups in total. The highest BCUT2D eigenvalue weighted by Crippen LogP contribution is 2.44. The molecular weight excluding hydrogens is 248 g/mol. The Balaban J connectivity index is 1.77. The predicted molar refractivity (Wildman–Crippen MR) is 65.4 cm³/mol. The number of carbonyl (C=O) groups is 2. The van der Waals surface area contributed by atoms with Gasteiger partial charge in [0, 0.05) is 6.20 Å². The maximum absolute atomic E-state index is 12.2. The molecule has 0 aliphatic carbocycles. The van der Waals surface area contributed by atoms with Crippen molar-refractivity contribution < 1.29 is 19.4 Å². The zero-order chi connectivity index (χ0) is 13.4. The van der Waals surface area contributed by atoms with Crippen LogP contribution in [0.5, 0.6) is 0 Å². The van der Waals surface area contributed by atoms with Gasteiger partial charge in [-0.25, -0.2) is 0 Å². The van der Waals surface area contributed by atoms with Gasteiger partial charge in [-0.2, -0.15) is 0 Å². The van der Waals surface area contributed by atoms with E-state index in [1.807, 2.05) is 0 Å². The SMILES string of the molecule is O=C(Nc1cccnc1)[C@@H]1[C@@H](C(=O)O)[C@H]2CC[C@@H]1O2. The molecule has 3 rings (SSSR count). The molecule has 0 saturated carbocycles. The van der Waals surface area contributed by atoms with Crippen LogP contribution in [0.15, 0.2) is 24.5 Å². The van der Waals surface area contributed by atoms with Crippen LogP contribution >= 0.6 is 0 Å². The van der Waals surface area contributed by atoms with Gasteiger partial charge in [0.1, 0.15) is 0 Å². The summed E-state index contributed by atoms with van der Waals surface area (Å²) in [6, 6.07) is 3.43. The molecule has 2 saturated heterocycles. The molecule has 1 amide bonds. The lowest BCUT2D eigenvalue weighted by atomic mass is 9.78. The third kappa shape index (κ3) is 2.08. The van der Waals surface area contributed by atoms with Gasteiger partial charge >= 0.3 is 5.97 Å². The number of rotatable bonds is 3. The highest BCUT2D eigenvalue weighted by molar-refractivity contribution is 5.96. The van der Waals surface area contributed by atoms with Crippen LogP contribution in [-0.4, -0.2) is 34.2 Å². The van der Waals surface area contributed by atoms with E-state index in [1.165, 1.54) is 6.20 Å². The maximum atomic E-state index is 12.2. The molecule has 2 aliphatic rings. The first-order valence-corrected chi connectivity index (χ1v) is 6.26. The van der Waals surface area contributed by atoms with Crippen molar-refractivity contribution in [1.29, 1.82) is 0 Å². The predicted octanol–water partition coefficient (Wildman–Crippen LogP) is 0.898. The number of pyridine rings is 1. The first-order valence-electron chi connectivity index (χ1n) is 6.26. The van der Waals surface area contributed by atoms with E-state index in [0.29, 0.717) is 5.69 Å². The first-order chi connectivity index (χ1) is 9.16. The average Bonchev–Trinajstić information content (AvgIpc) is 2.99. The summed E-state index contributed by atoms with van der Waals surface area (Å²) in [5, 5.41) is 12.0. The molecule has 3 heterocycles. The number of ether oxygens (including phenoxy) is 1. The third-order valence-corrected chi connectivity index (χ3v) is 3.79. The summed E-state index contributed by atoms with van der Waals surface area (Å²) >= 11 is 0. The number of carboxylic acid groups (broad SMARTS) is 1. The van der Waals surface area contributed by atoms with Crippen LogP contribution in [0.1, 0.15) is 12.8 Å². The van der Waals surface area contributed by atoms with E-state index in [4.69, 9.17) is 4.74 Å². The largest absolute Gasteiger partial charge is 0.481 e. The topological polar surface area (TPSA) is 88.5 Å². The highest BCUT2D eigenvalue weighted by Gasteiger charge is 2.55. The van der Waals surface area contributed by atoms with Gasteiger partial charge in [0.05, 0.1) is 35.9 Å². The first kappa shape index (κ1) is 12.1. The number of nitrogens with one attached hydrogen (secondary N) is 1. The molecule has 6 nitrogen and oxygen atoms in total. The minimum Gasteiger partial charge on any atom is -0.481 e. The number of carboxylic acids is 1. The summed E-state index contributed by atoms with van der Waals surface area (Å²) in [7, 11) is 0. The van der Waals surface area contributed by atoms with E-state index < -0.39 is 17.8 Å². The van der Waals surface area contributed by atoms with E-state index in [1.54, 1.807) is 18.3 Å². The van der Waals surface area contributed by atoms with Crippen molar-refractivity contribution in [2.24, 2.45) is 11.8 Å². The van der Waals surface area contributed by atoms with Crippen molar-refractivity contribution in [3.63, 3.8) is 0 Å². The van der Waals surface area contributed by atoms with Gasteiger partial charge in [0.15, 0.2) is 0 Å². The highest BCUT2D eigenvalue weighted by atomic mass is 16.5. The molecule has 100 valence electrons. The van der Waals surface area contributed by atoms with Crippen molar-refractivity contribution in [3.8, 4) is 0 Å². The third-order valence-electron chi connectivity index (χ3n) is 3.79. The molecule has 2 fully saturated rings. The Kier molecular flexibility index (Phi) is 2.94. The van der Waals surface area contributed by atoms with E-state index in [0.717, 1.165) is 12.8 Å². The molecule has 2 bridgehead atoms. The number of hydrogen-bond donors (Lipinski definition) is 2. The van der Waals surface area contributed by atoms with Crippen molar-refractivity contribution in [3.05, 3.63) is 24.5 Å². The molecule has 0 spiro atoms. The van der Waals surface area contributed by atoms with Gasteiger partial charge in [-0.15, -0.1) is 0 Å². The van der Waals surface area contributed by atoms with Gasteiger partial charge < -0.3 is 15.2 Å². The van der Waals surface area contributed by atoms with Crippen LogP contribution in [0.4, 0.5) is 5.69 Å². The van der Waals surface area contributed by atoms with Crippen molar-refractivity contribution in [2.75, 3.05) is 5.32 Å². The van der Waals surface area contributed by atoms with Crippen LogP contribution in [0.3, 0.4) is 0 Å². The summed E-state index contributed by atoms with van der Waals surface area (Å²) in [5.74, 6) is -2.61. The summed E-state index contributed by atoms with van der Waals surface area (Å²) in [6.45, 7) is 0. The number of aliphatic carboxylic acids is 1. The van der Waals surface area contributed by atoms with Crippen LogP contribution in [0.25, 0.3) is 0 Å². The molecule has 6 heteroatoms. The molecule has 1 aromatic rings. The molecule has 0 unspecified atom stereocenters. The molecule has 1 aromatic heterocycles. The normalized spacial score (nSPS) is 32.2. The van der Waals surface area contributed by atoms with E-state index >= 15 is 0 Å². The second-order valence-electron chi connectivity index (χ2n) is 4.91. The summed E-state index contributed by atoms with van der Waals surface area (Å²) < 4.78 is 5.56. The molecule has 0 aromatic carbocycles. The Morgan fingerprint density at radius 1 is 1.32 bits per heavy atom. The molecule has 19 heavy (non-hydrogen) atoms. The average molecular weight is 262 g/mol. The van der Waals surface area contributed by atoms with Gasteiger partial charge in [-0.1, -0.05) is 0 Å². The Bertz CT molecular complexity index is 505. The molecule has 0 radical (unpaired) electrons. The molecule has 2 aliphatic heterocycles. The zero-order valence-electron chi connectivity index (χ0n) is 10.2. The number of anilines is 1. The van der Waals surface area contributed by atoms with Crippen LogP contribution in [-0.2, 0) is 14.3 Å². The summed E-state index contributed by atoms with van der Waals surface area (Å²) in [5.41, 5.74) is 0.569. The number of fused-ring (bicyclic) bond motifs is 2. The lowest BCUT2D eigenvalue weighted by molar-refractivity contribution is -0.147. The number of carbonyl (C=O) groups excluding carboxylic acids is 1. The fourth-order valence-corrected chi connectivity index (χ4v) is 2.99. The Morgan fingerprint density at radius 2 is 2.05 bits per heavy atom. The standard InChI is InChI=1S/C13H14N2O4/c16-12(15-7-2-1-5-14-6-7)10-8-3-4-9(19-8)11(10)13(17)18/h1-2,5-6,8-11H,3-4H2,(H,15,16)(H,17,18)/t8-,9+,10-,11-/m0/s1. The lowest BCUT2D eigenvalue weighted by Gasteiger charge is -2.23. The van der Waals surface area contributed by atoms with Crippen LogP contribution < -0.4 is 5.32 Å². The monoisotopic (exact) mass is 262 g/mol.